The van der Waals surface area contributed by atoms with Gasteiger partial charge in [-0.3, -0.25) is 9.59 Å². The maximum atomic E-state index is 13.8. The summed E-state index contributed by atoms with van der Waals surface area (Å²) in [6.07, 6.45) is 0.0958. The minimum Gasteiger partial charge on any atom is -0.328 e. The van der Waals surface area contributed by atoms with Gasteiger partial charge in [0.2, 0.25) is 5.91 Å². The van der Waals surface area contributed by atoms with E-state index in [1.54, 1.807) is 16.9 Å². The first-order valence-electron chi connectivity index (χ1n) is 8.71. The van der Waals surface area contributed by atoms with E-state index in [4.69, 9.17) is 23.2 Å². The molecule has 1 unspecified atom stereocenters. The molecule has 0 saturated carbocycles. The number of hydrogen-bond donors (Lipinski definition) is 1. The number of nitrogens with zero attached hydrogens (tertiary/aromatic N) is 1. The van der Waals surface area contributed by atoms with Gasteiger partial charge < -0.3 is 4.90 Å². The Labute approximate surface area is 181 Å². The normalized spacial score (nSPS) is 18.6. The highest BCUT2D eigenvalue weighted by atomic mass is 35.5. The molecule has 160 valence electrons. The maximum Gasteiger partial charge on any atom is 0.267 e. The predicted octanol–water partition coefficient (Wildman–Crippen LogP) is 3.31. The van der Waals surface area contributed by atoms with E-state index in [0.29, 0.717) is 16.7 Å². The van der Waals surface area contributed by atoms with Crippen molar-refractivity contribution in [1.29, 1.82) is 0 Å². The van der Waals surface area contributed by atoms with Crippen LogP contribution in [0.3, 0.4) is 0 Å². The van der Waals surface area contributed by atoms with Crippen LogP contribution in [0.5, 0.6) is 0 Å². The number of likely N-dealkylation sites (tertiary alicyclic amines) is 1. The van der Waals surface area contributed by atoms with Gasteiger partial charge in [0.25, 0.3) is 15.9 Å². The van der Waals surface area contributed by atoms with Gasteiger partial charge in [-0.1, -0.05) is 29.3 Å². The standard InChI is InChI=1S/C19H16Cl2F2N2O4S/c1-19(18(27)24-30(28,29)16-5-4-13(22)10-15(16)23)6-7-25(19)17(26)8-11-2-3-12(20)9-14(11)21/h2-5,9-10H,6-8H2,1H3,(H,24,27). The van der Waals surface area contributed by atoms with E-state index in [-0.39, 0.29) is 24.4 Å². The zero-order valence-corrected chi connectivity index (χ0v) is 17.9. The summed E-state index contributed by atoms with van der Waals surface area (Å²) < 4.78 is 53.4. The van der Waals surface area contributed by atoms with Crippen molar-refractivity contribution in [2.45, 2.75) is 30.2 Å². The molecule has 1 fully saturated rings. The molecule has 1 saturated heterocycles. The molecule has 0 radical (unpaired) electrons. The highest BCUT2D eigenvalue weighted by molar-refractivity contribution is 7.90. The van der Waals surface area contributed by atoms with Crippen molar-refractivity contribution >= 4 is 45.0 Å². The summed E-state index contributed by atoms with van der Waals surface area (Å²) in [6.45, 7) is 1.64. The molecule has 3 rings (SSSR count). The molecule has 1 atom stereocenters. The fourth-order valence-electron chi connectivity index (χ4n) is 3.10. The molecule has 2 aromatic carbocycles. The van der Waals surface area contributed by atoms with Crippen LogP contribution in [0.15, 0.2) is 41.3 Å². The van der Waals surface area contributed by atoms with Crippen LogP contribution in [0.25, 0.3) is 0 Å². The summed E-state index contributed by atoms with van der Waals surface area (Å²) in [7, 11) is -4.60. The van der Waals surface area contributed by atoms with Crippen molar-refractivity contribution < 1.29 is 26.8 Å². The second-order valence-electron chi connectivity index (χ2n) is 6.99. The smallest absolute Gasteiger partial charge is 0.267 e. The van der Waals surface area contributed by atoms with Gasteiger partial charge in [0.05, 0.1) is 6.42 Å². The van der Waals surface area contributed by atoms with Gasteiger partial charge >= 0.3 is 0 Å². The van der Waals surface area contributed by atoms with E-state index in [1.165, 1.54) is 17.9 Å². The van der Waals surface area contributed by atoms with Crippen LogP contribution in [-0.4, -0.2) is 37.2 Å². The van der Waals surface area contributed by atoms with Crippen molar-refractivity contribution in [3.05, 3.63) is 63.6 Å². The molecule has 0 aromatic heterocycles. The predicted molar refractivity (Wildman–Crippen MR) is 107 cm³/mol. The van der Waals surface area contributed by atoms with Crippen LogP contribution in [0.1, 0.15) is 18.9 Å². The number of rotatable bonds is 5. The molecule has 0 spiro atoms. The fourth-order valence-corrected chi connectivity index (χ4v) is 4.71. The first kappa shape index (κ1) is 22.5. The van der Waals surface area contributed by atoms with Crippen LogP contribution in [0.4, 0.5) is 8.78 Å². The molecule has 2 aromatic rings. The summed E-state index contributed by atoms with van der Waals surface area (Å²) in [5.74, 6) is -3.72. The third-order valence-electron chi connectivity index (χ3n) is 4.98. The van der Waals surface area contributed by atoms with E-state index in [2.05, 4.69) is 0 Å². The Hall–Kier alpha value is -2.23. The number of halogens is 4. The molecular weight excluding hydrogens is 461 g/mol. The molecular formula is C19H16Cl2F2N2O4S. The number of amides is 2. The molecule has 30 heavy (non-hydrogen) atoms. The number of nitrogens with one attached hydrogen (secondary N) is 1. The third kappa shape index (κ3) is 4.28. The van der Waals surface area contributed by atoms with Gasteiger partial charge in [0.1, 0.15) is 22.1 Å². The average Bonchev–Trinajstić information content (AvgIpc) is 2.61. The maximum absolute atomic E-state index is 13.8. The quantitative estimate of drug-likeness (QED) is 0.717. The van der Waals surface area contributed by atoms with Crippen molar-refractivity contribution in [1.82, 2.24) is 9.62 Å². The van der Waals surface area contributed by atoms with Crippen molar-refractivity contribution in [2.24, 2.45) is 0 Å². The molecule has 6 nitrogen and oxygen atoms in total. The molecule has 1 aliphatic heterocycles. The van der Waals surface area contributed by atoms with E-state index < -0.39 is 43.9 Å². The summed E-state index contributed by atoms with van der Waals surface area (Å²) >= 11 is 11.9. The van der Waals surface area contributed by atoms with Gasteiger partial charge in [0, 0.05) is 22.7 Å². The lowest BCUT2D eigenvalue weighted by molar-refractivity contribution is -0.156. The topological polar surface area (TPSA) is 83.6 Å². The minimum absolute atomic E-state index is 0.113. The lowest BCUT2D eigenvalue weighted by Crippen LogP contribution is -2.68. The van der Waals surface area contributed by atoms with Crippen LogP contribution < -0.4 is 4.72 Å². The Morgan fingerprint density at radius 2 is 1.87 bits per heavy atom. The second-order valence-corrected chi connectivity index (χ2v) is 9.49. The molecule has 2 amide bonds. The molecule has 1 aliphatic rings. The fraction of sp³-hybridized carbons (Fsp3) is 0.263. The van der Waals surface area contributed by atoms with E-state index in [0.717, 1.165) is 12.1 Å². The average molecular weight is 477 g/mol. The summed E-state index contributed by atoms with van der Waals surface area (Å²) in [6, 6.07) is 6.52. The number of sulfonamides is 1. The number of benzene rings is 2. The Morgan fingerprint density at radius 1 is 1.17 bits per heavy atom. The molecule has 0 bridgehead atoms. The highest BCUT2D eigenvalue weighted by Gasteiger charge is 2.50. The molecule has 1 heterocycles. The first-order chi connectivity index (χ1) is 13.9. The zero-order chi connectivity index (χ0) is 22.3. The lowest BCUT2D eigenvalue weighted by Gasteiger charge is -2.49. The first-order valence-corrected chi connectivity index (χ1v) is 10.9. The highest BCUT2D eigenvalue weighted by Crippen LogP contribution is 2.33. The van der Waals surface area contributed by atoms with Gasteiger partial charge in [-0.05, 0) is 43.2 Å². The Kier molecular flexibility index (Phi) is 6.08. The van der Waals surface area contributed by atoms with Crippen molar-refractivity contribution in [3.63, 3.8) is 0 Å². The van der Waals surface area contributed by atoms with Crippen LogP contribution in [0.2, 0.25) is 10.0 Å². The second kappa shape index (κ2) is 8.13. The molecule has 0 aliphatic carbocycles. The van der Waals surface area contributed by atoms with Crippen LogP contribution in [0, 0.1) is 11.6 Å². The monoisotopic (exact) mass is 476 g/mol. The zero-order valence-electron chi connectivity index (χ0n) is 15.6. The number of hydrogen-bond acceptors (Lipinski definition) is 4. The summed E-state index contributed by atoms with van der Waals surface area (Å²) in [4.78, 5) is 25.7. The van der Waals surface area contributed by atoms with Crippen LogP contribution >= 0.6 is 23.2 Å². The van der Waals surface area contributed by atoms with Gasteiger partial charge in [-0.2, -0.15) is 0 Å². The van der Waals surface area contributed by atoms with Gasteiger partial charge in [-0.15, -0.1) is 0 Å². The minimum atomic E-state index is -4.60. The van der Waals surface area contributed by atoms with E-state index in [1.807, 2.05) is 0 Å². The largest absolute Gasteiger partial charge is 0.328 e. The summed E-state index contributed by atoms with van der Waals surface area (Å²) in [5.41, 5.74) is -0.943. The van der Waals surface area contributed by atoms with Gasteiger partial charge in [-0.25, -0.2) is 21.9 Å². The van der Waals surface area contributed by atoms with Crippen molar-refractivity contribution in [2.75, 3.05) is 6.54 Å². The van der Waals surface area contributed by atoms with Gasteiger partial charge in [0.15, 0.2) is 0 Å². The Bertz CT molecular complexity index is 1140. The van der Waals surface area contributed by atoms with Crippen LogP contribution in [-0.2, 0) is 26.0 Å². The van der Waals surface area contributed by atoms with Crippen molar-refractivity contribution in [3.8, 4) is 0 Å². The molecule has 11 heteroatoms. The third-order valence-corrected chi connectivity index (χ3v) is 6.93. The van der Waals surface area contributed by atoms with E-state index >= 15 is 0 Å². The lowest BCUT2D eigenvalue weighted by atomic mass is 9.85. The molecule has 1 N–H and O–H groups in total. The SMILES string of the molecule is CC1(C(=O)NS(=O)(=O)c2ccc(F)cc2F)CCN1C(=O)Cc1ccc(Cl)cc1Cl. The summed E-state index contributed by atoms with van der Waals surface area (Å²) in [5, 5.41) is 0.694. The number of carbonyl (C=O) groups is 2. The Morgan fingerprint density at radius 3 is 2.43 bits per heavy atom. The number of carbonyl (C=O) groups excluding carboxylic acids is 2. The van der Waals surface area contributed by atoms with E-state index in [9.17, 15) is 26.8 Å². The Balaban J connectivity index is 1.76.